The first-order valence-electron chi connectivity index (χ1n) is 9.74. The number of rotatable bonds is 9. The van der Waals surface area contributed by atoms with Crippen LogP contribution in [-0.4, -0.2) is 41.1 Å². The summed E-state index contributed by atoms with van der Waals surface area (Å²) < 4.78 is 49.3. The van der Waals surface area contributed by atoms with Gasteiger partial charge in [-0.25, -0.2) is 13.2 Å². The van der Waals surface area contributed by atoms with E-state index in [1.165, 1.54) is 24.4 Å². The number of alkyl halides is 2. The highest BCUT2D eigenvalue weighted by molar-refractivity contribution is 6.30. The monoisotopic (exact) mass is 469 g/mol. The van der Waals surface area contributed by atoms with Crippen LogP contribution in [0.4, 0.5) is 13.2 Å². The van der Waals surface area contributed by atoms with E-state index in [4.69, 9.17) is 21.1 Å². The summed E-state index contributed by atoms with van der Waals surface area (Å²) in [6.45, 7) is -0.595. The zero-order chi connectivity index (χ0) is 22.9. The second-order valence-electron chi connectivity index (χ2n) is 8.06. The van der Waals surface area contributed by atoms with Gasteiger partial charge in [-0.15, -0.1) is 0 Å². The number of benzene rings is 1. The minimum absolute atomic E-state index is 0.0351. The Morgan fingerprint density at radius 1 is 1.00 bits per heavy atom. The number of pyridine rings is 1. The molecule has 7 nitrogen and oxygen atoms in total. The number of nitrogens with one attached hydrogen (secondary N) is 2. The van der Waals surface area contributed by atoms with Crippen molar-refractivity contribution in [3.05, 3.63) is 53.1 Å². The van der Waals surface area contributed by atoms with E-state index in [9.17, 15) is 22.8 Å². The molecule has 2 bridgehead atoms. The first kappa shape index (κ1) is 22.2. The lowest BCUT2D eigenvalue weighted by molar-refractivity contribution is -0.151. The molecule has 2 aromatic rings. The zero-order valence-corrected chi connectivity index (χ0v) is 17.4. The van der Waals surface area contributed by atoms with Crippen LogP contribution < -0.4 is 20.1 Å². The lowest BCUT2D eigenvalue weighted by Gasteiger charge is -2.70. The average molecular weight is 470 g/mol. The van der Waals surface area contributed by atoms with E-state index in [2.05, 4.69) is 15.6 Å². The number of aromatic nitrogens is 1. The molecule has 170 valence electrons. The number of halogens is 4. The van der Waals surface area contributed by atoms with Crippen LogP contribution in [0.5, 0.6) is 11.5 Å². The Morgan fingerprint density at radius 3 is 2.09 bits per heavy atom. The van der Waals surface area contributed by atoms with Gasteiger partial charge >= 0.3 is 0 Å². The molecule has 1 aromatic heterocycles. The number of nitrogens with zero attached hydrogens (tertiary/aromatic N) is 1. The lowest BCUT2D eigenvalue weighted by atomic mass is 9.44. The van der Waals surface area contributed by atoms with Gasteiger partial charge in [0.1, 0.15) is 23.0 Å². The number of hydrogen-bond acceptors (Lipinski definition) is 5. The Hall–Kier alpha value is -3.01. The Labute approximate surface area is 186 Å². The van der Waals surface area contributed by atoms with Crippen LogP contribution in [0.2, 0.25) is 5.02 Å². The van der Waals surface area contributed by atoms with Gasteiger partial charge in [0, 0.05) is 29.4 Å². The van der Waals surface area contributed by atoms with Crippen molar-refractivity contribution < 1.29 is 32.2 Å². The van der Waals surface area contributed by atoms with Crippen LogP contribution >= 0.6 is 11.6 Å². The maximum Gasteiger partial charge on any atom is 0.280 e. The van der Waals surface area contributed by atoms with Gasteiger partial charge < -0.3 is 20.1 Å². The summed E-state index contributed by atoms with van der Waals surface area (Å²) in [5, 5.41) is 5.72. The second-order valence-corrected chi connectivity index (χ2v) is 8.46. The van der Waals surface area contributed by atoms with E-state index < -0.39 is 29.0 Å². The summed E-state index contributed by atoms with van der Waals surface area (Å²) in [6, 6.07) is 6.39. The molecule has 3 aliphatic rings. The van der Waals surface area contributed by atoms with E-state index in [-0.39, 0.29) is 41.5 Å². The number of amides is 2. The molecule has 0 aliphatic heterocycles. The molecule has 3 aliphatic carbocycles. The van der Waals surface area contributed by atoms with Gasteiger partial charge in [0.15, 0.2) is 13.2 Å². The molecule has 3 fully saturated rings. The zero-order valence-electron chi connectivity index (χ0n) is 16.7. The lowest BCUT2D eigenvalue weighted by Crippen LogP contribution is -2.84. The quantitative estimate of drug-likeness (QED) is 0.589. The van der Waals surface area contributed by atoms with Crippen LogP contribution in [0.1, 0.15) is 31.4 Å². The molecule has 5 rings (SSSR count). The molecule has 0 spiro atoms. The second kappa shape index (κ2) is 8.50. The fraction of sp³-hybridized carbons (Fsp3) is 0.381. The molecule has 11 heteroatoms. The maximum atomic E-state index is 13.4. The van der Waals surface area contributed by atoms with Gasteiger partial charge in [-0.05, 0) is 37.5 Å². The minimum atomic E-state index is -2.72. The van der Waals surface area contributed by atoms with Crippen molar-refractivity contribution in [2.75, 3.05) is 13.2 Å². The molecule has 1 aromatic carbocycles. The standard InChI is InChI=1S/C21H19ClF3N3O4/c22-14-2-1-12(5-15(14)23)31-7-17(29)27-20-9-21(10-20,11-20)28-18(30)8-32-13-3-4-26-16(6-13)19(24)25/h1-6,19H,7-11H2,(H,27,29)(H,28,30). The molecule has 0 atom stereocenters. The molecule has 0 radical (unpaired) electrons. The molecule has 0 unspecified atom stereocenters. The van der Waals surface area contributed by atoms with E-state index in [0.29, 0.717) is 19.3 Å². The fourth-order valence-corrected chi connectivity index (χ4v) is 4.34. The van der Waals surface area contributed by atoms with Crippen molar-refractivity contribution in [3.63, 3.8) is 0 Å². The summed E-state index contributed by atoms with van der Waals surface area (Å²) in [5.74, 6) is -1.04. The third-order valence-electron chi connectivity index (χ3n) is 5.45. The van der Waals surface area contributed by atoms with Crippen LogP contribution in [-0.2, 0) is 9.59 Å². The molecule has 2 amide bonds. The summed E-state index contributed by atoms with van der Waals surface area (Å²) in [5.41, 5.74) is -1.22. The predicted octanol–water partition coefficient (Wildman–Crippen LogP) is 3.18. The Balaban J connectivity index is 1.17. The highest BCUT2D eigenvalue weighted by Crippen LogP contribution is 2.60. The van der Waals surface area contributed by atoms with Crippen molar-refractivity contribution in [1.29, 1.82) is 0 Å². The molecule has 32 heavy (non-hydrogen) atoms. The van der Waals surface area contributed by atoms with Crippen LogP contribution in [0.25, 0.3) is 0 Å². The van der Waals surface area contributed by atoms with Gasteiger partial charge in [0.25, 0.3) is 18.2 Å². The van der Waals surface area contributed by atoms with Crippen molar-refractivity contribution in [3.8, 4) is 11.5 Å². The topological polar surface area (TPSA) is 89.5 Å². The number of carbonyl (C=O) groups is 2. The van der Waals surface area contributed by atoms with Gasteiger partial charge in [-0.3, -0.25) is 14.6 Å². The van der Waals surface area contributed by atoms with Crippen LogP contribution in [0, 0.1) is 5.82 Å². The van der Waals surface area contributed by atoms with E-state index in [1.54, 1.807) is 0 Å². The highest BCUT2D eigenvalue weighted by atomic mass is 35.5. The Morgan fingerprint density at radius 2 is 1.56 bits per heavy atom. The molecule has 3 saturated carbocycles. The molecule has 0 saturated heterocycles. The third-order valence-corrected chi connectivity index (χ3v) is 5.75. The fourth-order valence-electron chi connectivity index (χ4n) is 4.22. The van der Waals surface area contributed by atoms with Crippen molar-refractivity contribution in [2.45, 2.75) is 36.8 Å². The van der Waals surface area contributed by atoms with E-state index in [1.807, 2.05) is 0 Å². The average Bonchev–Trinajstić information content (AvgIpc) is 2.71. The number of carbonyl (C=O) groups excluding carboxylic acids is 2. The largest absolute Gasteiger partial charge is 0.484 e. The van der Waals surface area contributed by atoms with E-state index >= 15 is 0 Å². The van der Waals surface area contributed by atoms with Crippen molar-refractivity contribution >= 4 is 23.4 Å². The van der Waals surface area contributed by atoms with Gasteiger partial charge in [-0.2, -0.15) is 0 Å². The van der Waals surface area contributed by atoms with Gasteiger partial charge in [0.05, 0.1) is 5.02 Å². The molecular formula is C21H19ClF3N3O4. The predicted molar refractivity (Wildman–Crippen MR) is 107 cm³/mol. The normalized spacial score (nSPS) is 23.0. The number of hydrogen-bond donors (Lipinski definition) is 2. The first-order valence-corrected chi connectivity index (χ1v) is 10.1. The smallest absolute Gasteiger partial charge is 0.280 e. The molecular weight excluding hydrogens is 451 g/mol. The summed E-state index contributed by atoms with van der Waals surface area (Å²) >= 11 is 5.60. The van der Waals surface area contributed by atoms with Crippen LogP contribution in [0.15, 0.2) is 36.5 Å². The maximum absolute atomic E-state index is 13.4. The first-order chi connectivity index (χ1) is 15.2. The highest BCUT2D eigenvalue weighted by Gasteiger charge is 2.69. The Kier molecular flexibility index (Phi) is 5.89. The van der Waals surface area contributed by atoms with Crippen molar-refractivity contribution in [1.82, 2.24) is 15.6 Å². The van der Waals surface area contributed by atoms with Gasteiger partial charge in [0.2, 0.25) is 0 Å². The molecule has 1 heterocycles. The van der Waals surface area contributed by atoms with Crippen LogP contribution in [0.3, 0.4) is 0 Å². The summed E-state index contributed by atoms with van der Waals surface area (Å²) in [4.78, 5) is 27.8. The van der Waals surface area contributed by atoms with Gasteiger partial charge in [-0.1, -0.05) is 11.6 Å². The number of ether oxygens (including phenoxy) is 2. The van der Waals surface area contributed by atoms with Crippen molar-refractivity contribution in [2.24, 2.45) is 0 Å². The SMILES string of the molecule is O=C(COc1ccnc(C(F)F)c1)NC12CC(NC(=O)COc3ccc(Cl)c(F)c3)(C1)C2. The minimum Gasteiger partial charge on any atom is -0.484 e. The summed E-state index contributed by atoms with van der Waals surface area (Å²) in [6.07, 6.45) is 0.167. The molecule has 2 N–H and O–H groups in total. The van der Waals surface area contributed by atoms with E-state index in [0.717, 1.165) is 12.1 Å². The summed E-state index contributed by atoms with van der Waals surface area (Å²) in [7, 11) is 0. The Bertz CT molecular complexity index is 1030. The third kappa shape index (κ3) is 4.74.